The first-order valence-electron chi connectivity index (χ1n) is 11.2. The lowest BCUT2D eigenvalue weighted by Crippen LogP contribution is -2.50. The van der Waals surface area contributed by atoms with Gasteiger partial charge in [-0.05, 0) is 55.3 Å². The number of fused-ring (bicyclic) bond motifs is 1. The molecule has 0 saturated carbocycles. The minimum Gasteiger partial charge on any atom is -0.486 e. The number of urea groups is 1. The van der Waals surface area contributed by atoms with Gasteiger partial charge in [0, 0.05) is 43.5 Å². The van der Waals surface area contributed by atoms with Crippen molar-refractivity contribution in [2.75, 3.05) is 49.6 Å². The molecule has 1 saturated heterocycles. The zero-order valence-corrected chi connectivity index (χ0v) is 18.9. The minimum absolute atomic E-state index is 0.123. The van der Waals surface area contributed by atoms with E-state index in [1.165, 1.54) is 11.1 Å². The van der Waals surface area contributed by atoms with Crippen LogP contribution in [0.5, 0.6) is 11.5 Å². The molecular weight excluding hydrogens is 418 g/mol. The van der Waals surface area contributed by atoms with Gasteiger partial charge in [0.25, 0.3) is 0 Å². The SMILES string of the molecule is Cc1ccc(-c2ccc(N3CCN(C(=O)Nc4ccc5c(c4)OCCO5)CC3)nn2)cc1C. The lowest BCUT2D eigenvalue weighted by atomic mass is 10.0. The molecule has 2 amide bonds. The highest BCUT2D eigenvalue weighted by Crippen LogP contribution is 2.32. The summed E-state index contributed by atoms with van der Waals surface area (Å²) < 4.78 is 11.1. The Labute approximate surface area is 193 Å². The highest BCUT2D eigenvalue weighted by atomic mass is 16.6. The number of hydrogen-bond acceptors (Lipinski definition) is 6. The van der Waals surface area contributed by atoms with Crippen LogP contribution in [0.1, 0.15) is 11.1 Å². The zero-order valence-electron chi connectivity index (χ0n) is 18.9. The highest BCUT2D eigenvalue weighted by Gasteiger charge is 2.23. The van der Waals surface area contributed by atoms with Gasteiger partial charge in [0.05, 0.1) is 5.69 Å². The van der Waals surface area contributed by atoms with Gasteiger partial charge in [-0.1, -0.05) is 12.1 Å². The van der Waals surface area contributed by atoms with Crippen molar-refractivity contribution >= 4 is 17.5 Å². The molecular formula is C25H27N5O3. The van der Waals surface area contributed by atoms with Crippen molar-refractivity contribution in [2.45, 2.75) is 13.8 Å². The van der Waals surface area contributed by atoms with Crippen molar-refractivity contribution in [3.8, 4) is 22.8 Å². The van der Waals surface area contributed by atoms with Crippen LogP contribution in [-0.2, 0) is 0 Å². The molecule has 0 spiro atoms. The van der Waals surface area contributed by atoms with Crippen molar-refractivity contribution in [2.24, 2.45) is 0 Å². The van der Waals surface area contributed by atoms with E-state index in [0.29, 0.717) is 56.6 Å². The summed E-state index contributed by atoms with van der Waals surface area (Å²) in [6, 6.07) is 15.7. The van der Waals surface area contributed by atoms with E-state index in [-0.39, 0.29) is 6.03 Å². The molecule has 3 heterocycles. The van der Waals surface area contributed by atoms with E-state index in [1.807, 2.05) is 29.2 Å². The van der Waals surface area contributed by atoms with Gasteiger partial charge in [-0.2, -0.15) is 0 Å². The summed E-state index contributed by atoms with van der Waals surface area (Å²) in [5, 5.41) is 11.8. The molecule has 8 heteroatoms. The van der Waals surface area contributed by atoms with Crippen molar-refractivity contribution in [1.82, 2.24) is 15.1 Å². The first-order chi connectivity index (χ1) is 16.1. The number of benzene rings is 2. The molecule has 33 heavy (non-hydrogen) atoms. The van der Waals surface area contributed by atoms with Gasteiger partial charge < -0.3 is 24.6 Å². The van der Waals surface area contributed by atoms with E-state index < -0.39 is 0 Å². The number of anilines is 2. The first kappa shape index (κ1) is 21.1. The predicted octanol–water partition coefficient (Wildman–Crippen LogP) is 3.89. The number of ether oxygens (including phenoxy) is 2. The van der Waals surface area contributed by atoms with Crippen molar-refractivity contribution in [1.29, 1.82) is 0 Å². The summed E-state index contributed by atoms with van der Waals surface area (Å²) >= 11 is 0. The number of carbonyl (C=O) groups is 1. The maximum atomic E-state index is 12.7. The molecule has 2 aliphatic heterocycles. The molecule has 0 unspecified atom stereocenters. The average Bonchev–Trinajstić information content (AvgIpc) is 2.86. The second-order valence-electron chi connectivity index (χ2n) is 8.34. The standard InChI is InChI=1S/C25H27N5O3/c1-17-3-4-19(15-18(17)2)21-6-8-24(28-27-21)29-9-11-30(12-10-29)25(31)26-20-5-7-22-23(16-20)33-14-13-32-22/h3-8,15-16H,9-14H2,1-2H3,(H,26,31). The first-order valence-corrected chi connectivity index (χ1v) is 11.2. The zero-order chi connectivity index (χ0) is 22.8. The Morgan fingerprint density at radius 2 is 1.64 bits per heavy atom. The van der Waals surface area contributed by atoms with E-state index in [0.717, 1.165) is 17.1 Å². The van der Waals surface area contributed by atoms with E-state index in [1.54, 1.807) is 6.07 Å². The Bertz CT molecular complexity index is 1160. The normalized spacial score (nSPS) is 15.3. The number of hydrogen-bond donors (Lipinski definition) is 1. The molecule has 0 bridgehead atoms. The lowest BCUT2D eigenvalue weighted by molar-refractivity contribution is 0.171. The van der Waals surface area contributed by atoms with Gasteiger partial charge in [-0.15, -0.1) is 10.2 Å². The number of aryl methyl sites for hydroxylation is 2. The number of nitrogens with zero attached hydrogens (tertiary/aromatic N) is 4. The second-order valence-corrected chi connectivity index (χ2v) is 8.34. The third kappa shape index (κ3) is 4.55. The van der Waals surface area contributed by atoms with Gasteiger partial charge in [-0.25, -0.2) is 4.79 Å². The van der Waals surface area contributed by atoms with Crippen LogP contribution < -0.4 is 19.7 Å². The third-order valence-electron chi connectivity index (χ3n) is 6.14. The maximum Gasteiger partial charge on any atom is 0.321 e. The molecule has 2 aliphatic rings. The van der Waals surface area contributed by atoms with E-state index >= 15 is 0 Å². The quantitative estimate of drug-likeness (QED) is 0.659. The second kappa shape index (κ2) is 8.97. The Morgan fingerprint density at radius 1 is 0.848 bits per heavy atom. The van der Waals surface area contributed by atoms with Crippen LogP contribution in [0.2, 0.25) is 0 Å². The minimum atomic E-state index is -0.123. The summed E-state index contributed by atoms with van der Waals surface area (Å²) in [5.41, 5.74) is 5.12. The Balaban J connectivity index is 1.17. The van der Waals surface area contributed by atoms with Crippen LogP contribution in [0.15, 0.2) is 48.5 Å². The summed E-state index contributed by atoms with van der Waals surface area (Å²) in [6.07, 6.45) is 0. The largest absolute Gasteiger partial charge is 0.486 e. The fourth-order valence-electron chi connectivity index (χ4n) is 4.01. The molecule has 2 aromatic carbocycles. The van der Waals surface area contributed by atoms with Crippen molar-refractivity contribution < 1.29 is 14.3 Å². The van der Waals surface area contributed by atoms with Gasteiger partial charge in [0.2, 0.25) is 0 Å². The van der Waals surface area contributed by atoms with Crippen LogP contribution in [0.25, 0.3) is 11.3 Å². The molecule has 0 aliphatic carbocycles. The summed E-state index contributed by atoms with van der Waals surface area (Å²) in [6.45, 7) is 7.88. The summed E-state index contributed by atoms with van der Waals surface area (Å²) in [5.74, 6) is 2.19. The third-order valence-corrected chi connectivity index (χ3v) is 6.14. The Hall–Kier alpha value is -3.81. The van der Waals surface area contributed by atoms with Crippen LogP contribution in [0.3, 0.4) is 0 Å². The van der Waals surface area contributed by atoms with Crippen LogP contribution in [-0.4, -0.2) is 60.5 Å². The Kier molecular flexibility index (Phi) is 5.73. The molecule has 170 valence electrons. The number of carbonyl (C=O) groups excluding carboxylic acids is 1. The van der Waals surface area contributed by atoms with Gasteiger partial charge in [0.1, 0.15) is 13.2 Å². The van der Waals surface area contributed by atoms with E-state index in [4.69, 9.17) is 9.47 Å². The van der Waals surface area contributed by atoms with Crippen LogP contribution >= 0.6 is 0 Å². The van der Waals surface area contributed by atoms with Crippen LogP contribution in [0, 0.1) is 13.8 Å². The molecule has 1 N–H and O–H groups in total. The highest BCUT2D eigenvalue weighted by molar-refractivity contribution is 5.90. The molecule has 3 aromatic rings. The maximum absolute atomic E-state index is 12.7. The fourth-order valence-corrected chi connectivity index (χ4v) is 4.01. The molecule has 1 aromatic heterocycles. The van der Waals surface area contributed by atoms with Crippen LogP contribution in [0.4, 0.5) is 16.3 Å². The molecule has 1 fully saturated rings. The fraction of sp³-hybridized carbons (Fsp3) is 0.320. The number of amides is 2. The summed E-state index contributed by atoms with van der Waals surface area (Å²) in [4.78, 5) is 16.7. The van der Waals surface area contributed by atoms with Gasteiger partial charge in [-0.3, -0.25) is 0 Å². The molecule has 0 atom stereocenters. The number of nitrogens with one attached hydrogen (secondary N) is 1. The van der Waals surface area contributed by atoms with E-state index in [9.17, 15) is 4.79 Å². The number of rotatable bonds is 3. The molecule has 5 rings (SSSR count). The van der Waals surface area contributed by atoms with E-state index in [2.05, 4.69) is 52.5 Å². The number of piperazine rings is 1. The number of aromatic nitrogens is 2. The smallest absolute Gasteiger partial charge is 0.321 e. The topological polar surface area (TPSA) is 79.8 Å². The predicted molar refractivity (Wildman–Crippen MR) is 127 cm³/mol. The summed E-state index contributed by atoms with van der Waals surface area (Å²) in [7, 11) is 0. The van der Waals surface area contributed by atoms with Gasteiger partial charge >= 0.3 is 6.03 Å². The Morgan fingerprint density at radius 3 is 2.36 bits per heavy atom. The van der Waals surface area contributed by atoms with Crippen molar-refractivity contribution in [3.63, 3.8) is 0 Å². The lowest BCUT2D eigenvalue weighted by Gasteiger charge is -2.35. The average molecular weight is 446 g/mol. The monoisotopic (exact) mass is 445 g/mol. The van der Waals surface area contributed by atoms with Crippen molar-refractivity contribution in [3.05, 3.63) is 59.7 Å². The molecule has 0 radical (unpaired) electrons. The van der Waals surface area contributed by atoms with Gasteiger partial charge in [0.15, 0.2) is 17.3 Å². The molecule has 8 nitrogen and oxygen atoms in total.